The summed E-state index contributed by atoms with van der Waals surface area (Å²) >= 11 is 5.98. The first kappa shape index (κ1) is 31.3. The molecule has 1 aliphatic heterocycles. The summed E-state index contributed by atoms with van der Waals surface area (Å²) in [4.78, 5) is 0. The molecule has 0 unspecified atom stereocenters. The molecule has 1 saturated heterocycles. The zero-order valence-corrected chi connectivity index (χ0v) is 25.3. The molecule has 4 atom stereocenters. The molecule has 4 aromatic carbocycles. The Bertz CT molecular complexity index is 1490. The summed E-state index contributed by atoms with van der Waals surface area (Å²) in [6.07, 6.45) is -2.13. The zero-order valence-electron chi connectivity index (χ0n) is 23.8. The predicted octanol–water partition coefficient (Wildman–Crippen LogP) is 6.26. The smallest absolute Gasteiger partial charge is 0.217 e. The van der Waals surface area contributed by atoms with Crippen molar-refractivity contribution < 1.29 is 27.4 Å². The Morgan fingerprint density at radius 2 is 1.23 bits per heavy atom. The largest absolute Gasteiger partial charge is 0.374 e. The van der Waals surface area contributed by atoms with Crippen LogP contribution in [0.1, 0.15) is 28.7 Å². The summed E-state index contributed by atoms with van der Waals surface area (Å²) in [5, 5.41) is 0.544. The predicted molar refractivity (Wildman–Crippen MR) is 167 cm³/mol. The van der Waals surface area contributed by atoms with Crippen LogP contribution < -0.4 is 4.72 Å². The Labute approximate surface area is 258 Å². The number of nitrogens with one attached hydrogen (secondary N) is 1. The number of ether oxygens (including phenoxy) is 4. The Balaban J connectivity index is 1.34. The molecule has 1 heterocycles. The van der Waals surface area contributed by atoms with E-state index in [4.69, 9.17) is 30.5 Å². The Morgan fingerprint density at radius 1 is 0.698 bits per heavy atom. The summed E-state index contributed by atoms with van der Waals surface area (Å²) in [6.45, 7) is 1.27. The highest BCUT2D eigenvalue weighted by molar-refractivity contribution is 7.88. The van der Waals surface area contributed by atoms with Gasteiger partial charge in [0.25, 0.3) is 0 Å². The standard InChI is InChI=1S/C34H36ClNO6S/c35-30-18-16-29(17-19-30)25-43(37,38)36-33-20-31(40-22-27-12-6-2-7-13-27)34(41-23-28-14-8-3-9-15-28)32(42-33)24-39-21-26-10-4-1-5-11-26/h1-19,31-34,36H,20-25H2/t31-,32-,33-,34-/m1/s1. The van der Waals surface area contributed by atoms with Crippen LogP contribution in [0.25, 0.3) is 0 Å². The van der Waals surface area contributed by atoms with Crippen molar-refractivity contribution >= 4 is 21.6 Å². The van der Waals surface area contributed by atoms with Crippen LogP contribution in [-0.4, -0.2) is 39.6 Å². The summed E-state index contributed by atoms with van der Waals surface area (Å²) < 4.78 is 54.5. The van der Waals surface area contributed by atoms with E-state index in [1.165, 1.54) is 0 Å². The van der Waals surface area contributed by atoms with Crippen LogP contribution in [0, 0.1) is 0 Å². The summed E-state index contributed by atoms with van der Waals surface area (Å²) in [6, 6.07) is 36.3. The normalized spacial score (nSPS) is 20.6. The number of rotatable bonds is 14. The SMILES string of the molecule is O=S(=O)(Cc1ccc(Cl)cc1)N[C@H]1C[C@@H](OCc2ccccc2)[C@@H](OCc2ccccc2)[C@@H](COCc2ccccc2)O1. The van der Waals surface area contributed by atoms with Gasteiger partial charge < -0.3 is 18.9 Å². The number of sulfonamides is 1. The first-order chi connectivity index (χ1) is 20.9. The van der Waals surface area contributed by atoms with Gasteiger partial charge in [-0.1, -0.05) is 115 Å². The highest BCUT2D eigenvalue weighted by Gasteiger charge is 2.42. The molecule has 226 valence electrons. The molecule has 1 aliphatic rings. The second-order valence-corrected chi connectivity index (χ2v) is 12.7. The van der Waals surface area contributed by atoms with Crippen molar-refractivity contribution in [1.82, 2.24) is 4.72 Å². The van der Waals surface area contributed by atoms with E-state index in [0.29, 0.717) is 30.4 Å². The fourth-order valence-electron chi connectivity index (χ4n) is 4.97. The second kappa shape index (κ2) is 15.6. The number of hydrogen-bond acceptors (Lipinski definition) is 6. The maximum Gasteiger partial charge on any atom is 0.217 e. The van der Waals surface area contributed by atoms with Crippen LogP contribution >= 0.6 is 11.6 Å². The van der Waals surface area contributed by atoms with Crippen LogP contribution in [0.2, 0.25) is 5.02 Å². The minimum atomic E-state index is -3.75. The van der Waals surface area contributed by atoms with Gasteiger partial charge in [0.2, 0.25) is 10.0 Å². The molecular weight excluding hydrogens is 586 g/mol. The summed E-state index contributed by atoms with van der Waals surface area (Å²) in [5.74, 6) is -0.206. The van der Waals surface area contributed by atoms with E-state index in [-0.39, 0.29) is 18.8 Å². The van der Waals surface area contributed by atoms with Gasteiger partial charge >= 0.3 is 0 Å². The zero-order chi connectivity index (χ0) is 29.9. The van der Waals surface area contributed by atoms with Crippen LogP contribution in [0.5, 0.6) is 0 Å². The average molecular weight is 622 g/mol. The van der Waals surface area contributed by atoms with Gasteiger partial charge in [0.05, 0.1) is 38.3 Å². The molecule has 0 amide bonds. The van der Waals surface area contributed by atoms with E-state index in [0.717, 1.165) is 16.7 Å². The Hall–Kier alpha value is -3.08. The number of halogens is 1. The highest BCUT2D eigenvalue weighted by Crippen LogP contribution is 2.28. The topological polar surface area (TPSA) is 83.1 Å². The van der Waals surface area contributed by atoms with Crippen LogP contribution in [-0.2, 0) is 54.5 Å². The summed E-state index contributed by atoms with van der Waals surface area (Å²) in [7, 11) is -3.75. The van der Waals surface area contributed by atoms with Gasteiger partial charge in [0.1, 0.15) is 18.4 Å². The van der Waals surface area contributed by atoms with Crippen molar-refractivity contribution in [2.45, 2.75) is 56.5 Å². The molecule has 0 saturated carbocycles. The Morgan fingerprint density at radius 3 is 1.81 bits per heavy atom. The van der Waals surface area contributed by atoms with E-state index in [9.17, 15) is 8.42 Å². The van der Waals surface area contributed by atoms with E-state index in [1.54, 1.807) is 24.3 Å². The minimum Gasteiger partial charge on any atom is -0.374 e. The lowest BCUT2D eigenvalue weighted by atomic mass is 10.00. The second-order valence-electron chi connectivity index (χ2n) is 10.5. The molecule has 7 nitrogen and oxygen atoms in total. The monoisotopic (exact) mass is 621 g/mol. The maximum atomic E-state index is 13.2. The third-order valence-electron chi connectivity index (χ3n) is 7.09. The Kier molecular flexibility index (Phi) is 11.4. The molecular formula is C34H36ClNO6S. The van der Waals surface area contributed by atoms with Crippen LogP contribution in [0.15, 0.2) is 115 Å². The molecule has 0 spiro atoms. The molecule has 0 aliphatic carbocycles. The van der Waals surface area contributed by atoms with Gasteiger partial charge in [-0.25, -0.2) is 8.42 Å². The number of benzene rings is 4. The maximum absolute atomic E-state index is 13.2. The first-order valence-corrected chi connectivity index (χ1v) is 16.3. The molecule has 0 aromatic heterocycles. The molecule has 1 N–H and O–H groups in total. The van der Waals surface area contributed by atoms with Gasteiger partial charge in [0, 0.05) is 11.4 Å². The first-order valence-electron chi connectivity index (χ1n) is 14.3. The van der Waals surface area contributed by atoms with Gasteiger partial charge in [-0.15, -0.1) is 0 Å². The molecule has 1 fully saturated rings. The fourth-order valence-corrected chi connectivity index (χ4v) is 6.36. The van der Waals surface area contributed by atoms with Crippen molar-refractivity contribution in [2.24, 2.45) is 0 Å². The fraction of sp³-hybridized carbons (Fsp3) is 0.294. The van der Waals surface area contributed by atoms with Gasteiger partial charge in [0.15, 0.2) is 0 Å². The highest BCUT2D eigenvalue weighted by atomic mass is 35.5. The van der Waals surface area contributed by atoms with E-state index in [2.05, 4.69) is 4.72 Å². The van der Waals surface area contributed by atoms with Crippen molar-refractivity contribution in [3.05, 3.63) is 143 Å². The molecule has 9 heteroatoms. The van der Waals surface area contributed by atoms with E-state index in [1.807, 2.05) is 91.0 Å². The lowest BCUT2D eigenvalue weighted by molar-refractivity contribution is -0.222. The lowest BCUT2D eigenvalue weighted by Gasteiger charge is -2.41. The molecule has 5 rings (SSSR count). The minimum absolute atomic E-state index is 0.189. The van der Waals surface area contributed by atoms with Crippen molar-refractivity contribution in [3.8, 4) is 0 Å². The van der Waals surface area contributed by atoms with Crippen molar-refractivity contribution in [3.63, 3.8) is 0 Å². The van der Waals surface area contributed by atoms with Gasteiger partial charge in [-0.3, -0.25) is 0 Å². The van der Waals surface area contributed by atoms with Crippen molar-refractivity contribution in [1.29, 1.82) is 0 Å². The van der Waals surface area contributed by atoms with Gasteiger partial charge in [-0.2, -0.15) is 4.72 Å². The third-order valence-corrected chi connectivity index (χ3v) is 8.67. The molecule has 4 aromatic rings. The van der Waals surface area contributed by atoms with Crippen LogP contribution in [0.3, 0.4) is 0 Å². The van der Waals surface area contributed by atoms with Crippen molar-refractivity contribution in [2.75, 3.05) is 6.61 Å². The quantitative estimate of drug-likeness (QED) is 0.179. The third kappa shape index (κ3) is 9.98. The molecule has 0 bridgehead atoms. The molecule has 43 heavy (non-hydrogen) atoms. The van der Waals surface area contributed by atoms with Gasteiger partial charge in [-0.05, 0) is 34.4 Å². The lowest BCUT2D eigenvalue weighted by Crippen LogP contribution is -2.56. The number of hydrogen-bond donors (Lipinski definition) is 1. The average Bonchev–Trinajstić information content (AvgIpc) is 3.02. The summed E-state index contributed by atoms with van der Waals surface area (Å²) in [5.41, 5.74) is 3.67. The van der Waals surface area contributed by atoms with E-state index >= 15 is 0 Å². The van der Waals surface area contributed by atoms with E-state index < -0.39 is 34.6 Å². The van der Waals surface area contributed by atoms with Crippen LogP contribution in [0.4, 0.5) is 0 Å². The molecule has 0 radical (unpaired) electrons.